The summed E-state index contributed by atoms with van der Waals surface area (Å²) in [5.41, 5.74) is 1.15. The Bertz CT molecular complexity index is 1030. The van der Waals surface area contributed by atoms with Gasteiger partial charge in [-0.15, -0.1) is 0 Å². The first-order valence-electron chi connectivity index (χ1n) is 12.3. The van der Waals surface area contributed by atoms with Gasteiger partial charge >= 0.3 is 0 Å². The highest BCUT2D eigenvalue weighted by Crippen LogP contribution is 2.17. The van der Waals surface area contributed by atoms with Gasteiger partial charge in [-0.2, -0.15) is 0 Å². The zero-order valence-electron chi connectivity index (χ0n) is 19.4. The van der Waals surface area contributed by atoms with E-state index in [1.807, 2.05) is 0 Å². The molecule has 1 aliphatic rings. The Kier molecular flexibility index (Phi) is 9.01. The molecule has 2 aromatic heterocycles. The number of rotatable bonds is 13. The number of fused-ring (bicyclic) bond motifs is 1. The Morgan fingerprint density at radius 3 is 2.70 bits per heavy atom. The maximum atomic E-state index is 12.2. The second-order valence-electron chi connectivity index (χ2n) is 8.72. The molecule has 0 radical (unpaired) electrons. The summed E-state index contributed by atoms with van der Waals surface area (Å²) in [4.78, 5) is 12.2. The van der Waals surface area contributed by atoms with Crippen LogP contribution in [0.25, 0.3) is 10.9 Å². The predicted octanol–water partition coefficient (Wildman–Crippen LogP) is 6.06. The zero-order chi connectivity index (χ0) is 22.7. The molecule has 3 heterocycles. The van der Waals surface area contributed by atoms with Crippen molar-refractivity contribution in [3.05, 3.63) is 64.8 Å². The summed E-state index contributed by atoms with van der Waals surface area (Å²) in [6.45, 7) is 2.57. The number of nitrogens with zero attached hydrogens (tertiary/aromatic N) is 1. The quantitative estimate of drug-likeness (QED) is 0.295. The number of para-hydroxylation sites is 1. The first-order valence-corrected chi connectivity index (χ1v) is 12.3. The smallest absolute Gasteiger partial charge is 0.227 e. The van der Waals surface area contributed by atoms with E-state index in [0.717, 1.165) is 45.3 Å². The summed E-state index contributed by atoms with van der Waals surface area (Å²) in [5, 5.41) is 1.31. The number of benzene rings is 1. The van der Waals surface area contributed by atoms with E-state index in [4.69, 9.17) is 18.6 Å². The topological polar surface area (TPSA) is 62.8 Å². The van der Waals surface area contributed by atoms with Gasteiger partial charge in [0.05, 0.1) is 6.61 Å². The highest BCUT2D eigenvalue weighted by molar-refractivity contribution is 5.79. The van der Waals surface area contributed by atoms with Crippen LogP contribution in [-0.2, 0) is 22.6 Å². The van der Waals surface area contributed by atoms with E-state index in [1.165, 1.54) is 48.9 Å². The SMILES string of the molecule is O=c1cc(COC2CCCCO2)occ1OCCCCCCCCn1ccc2ccccc21. The lowest BCUT2D eigenvalue weighted by Crippen LogP contribution is -2.22. The van der Waals surface area contributed by atoms with Crippen LogP contribution in [0, 0.1) is 0 Å². The first kappa shape index (κ1) is 23.6. The summed E-state index contributed by atoms with van der Waals surface area (Å²) in [7, 11) is 0. The number of hydrogen-bond acceptors (Lipinski definition) is 5. The Labute approximate surface area is 195 Å². The van der Waals surface area contributed by atoms with Gasteiger partial charge < -0.3 is 23.2 Å². The Balaban J connectivity index is 1.05. The summed E-state index contributed by atoms with van der Waals surface area (Å²) < 4.78 is 24.7. The van der Waals surface area contributed by atoms with E-state index in [0.29, 0.717) is 12.4 Å². The van der Waals surface area contributed by atoms with Gasteiger partial charge in [0.2, 0.25) is 11.2 Å². The minimum absolute atomic E-state index is 0.165. The average Bonchev–Trinajstić information content (AvgIpc) is 3.26. The molecule has 0 saturated carbocycles. The third-order valence-corrected chi connectivity index (χ3v) is 6.13. The summed E-state index contributed by atoms with van der Waals surface area (Å²) in [5.74, 6) is 0.765. The molecule has 178 valence electrons. The van der Waals surface area contributed by atoms with Crippen molar-refractivity contribution in [2.75, 3.05) is 13.2 Å². The highest BCUT2D eigenvalue weighted by atomic mass is 16.7. The lowest BCUT2D eigenvalue weighted by atomic mass is 10.1. The summed E-state index contributed by atoms with van der Waals surface area (Å²) in [6.07, 6.45) is 13.3. The van der Waals surface area contributed by atoms with Gasteiger partial charge in [-0.25, -0.2) is 0 Å². The third-order valence-electron chi connectivity index (χ3n) is 6.13. The van der Waals surface area contributed by atoms with Crippen LogP contribution in [-0.4, -0.2) is 24.1 Å². The van der Waals surface area contributed by atoms with Crippen LogP contribution >= 0.6 is 0 Å². The fourth-order valence-corrected chi connectivity index (χ4v) is 4.25. The molecule has 0 bridgehead atoms. The second-order valence-corrected chi connectivity index (χ2v) is 8.72. The fourth-order valence-electron chi connectivity index (χ4n) is 4.25. The van der Waals surface area contributed by atoms with Crippen LogP contribution in [0.1, 0.15) is 63.5 Å². The lowest BCUT2D eigenvalue weighted by molar-refractivity contribution is -0.171. The van der Waals surface area contributed by atoms with E-state index in [9.17, 15) is 4.79 Å². The first-order chi connectivity index (χ1) is 16.3. The number of aromatic nitrogens is 1. The summed E-state index contributed by atoms with van der Waals surface area (Å²) in [6, 6.07) is 12.2. The second kappa shape index (κ2) is 12.6. The van der Waals surface area contributed by atoms with Gasteiger partial charge in [-0.3, -0.25) is 4.79 Å². The lowest BCUT2D eigenvalue weighted by Gasteiger charge is -2.22. The van der Waals surface area contributed by atoms with E-state index in [1.54, 1.807) is 0 Å². The molecule has 0 aliphatic carbocycles. The van der Waals surface area contributed by atoms with Gasteiger partial charge in [0.25, 0.3) is 0 Å². The summed E-state index contributed by atoms with van der Waals surface area (Å²) >= 11 is 0. The molecule has 33 heavy (non-hydrogen) atoms. The molecular weight excluding hydrogens is 418 g/mol. The molecule has 1 aliphatic heterocycles. The standard InChI is InChI=1S/C27H35NO5/c29-25-19-23(20-33-27-13-7-10-18-31-27)32-21-26(25)30-17-9-4-2-1-3-8-15-28-16-14-22-11-5-6-12-24(22)28/h5-6,11-12,14,16,19,21,27H,1-4,7-10,13,15,17-18,20H2. The number of ether oxygens (including phenoxy) is 3. The maximum absolute atomic E-state index is 12.2. The maximum Gasteiger partial charge on any atom is 0.227 e. The van der Waals surface area contributed by atoms with E-state index in [2.05, 4.69) is 41.1 Å². The number of hydrogen-bond donors (Lipinski definition) is 0. The van der Waals surface area contributed by atoms with E-state index < -0.39 is 0 Å². The van der Waals surface area contributed by atoms with Crippen molar-refractivity contribution in [2.45, 2.75) is 77.2 Å². The molecule has 3 aromatic rings. The highest BCUT2D eigenvalue weighted by Gasteiger charge is 2.15. The molecular formula is C27H35NO5. The molecule has 1 unspecified atom stereocenters. The Hall–Kier alpha value is -2.57. The van der Waals surface area contributed by atoms with E-state index in [-0.39, 0.29) is 24.1 Å². The molecule has 1 fully saturated rings. The molecule has 1 saturated heterocycles. The van der Waals surface area contributed by atoms with Crippen molar-refractivity contribution in [3.63, 3.8) is 0 Å². The molecule has 1 atom stereocenters. The molecule has 0 spiro atoms. The third kappa shape index (κ3) is 7.21. The van der Waals surface area contributed by atoms with Gasteiger partial charge in [0.1, 0.15) is 18.6 Å². The molecule has 0 N–H and O–H groups in total. The van der Waals surface area contributed by atoms with Crippen molar-refractivity contribution in [3.8, 4) is 5.75 Å². The number of aryl methyl sites for hydroxylation is 1. The largest absolute Gasteiger partial charge is 0.487 e. The predicted molar refractivity (Wildman–Crippen MR) is 128 cm³/mol. The van der Waals surface area contributed by atoms with Crippen LogP contribution in [0.3, 0.4) is 0 Å². The van der Waals surface area contributed by atoms with Crippen molar-refractivity contribution >= 4 is 10.9 Å². The van der Waals surface area contributed by atoms with Gasteiger partial charge in [0, 0.05) is 30.9 Å². The van der Waals surface area contributed by atoms with Crippen LogP contribution in [0.4, 0.5) is 0 Å². The molecule has 0 amide bonds. The molecule has 6 nitrogen and oxygen atoms in total. The van der Waals surface area contributed by atoms with E-state index >= 15 is 0 Å². The molecule has 1 aromatic carbocycles. The Morgan fingerprint density at radius 2 is 1.85 bits per heavy atom. The van der Waals surface area contributed by atoms with Gasteiger partial charge in [-0.05, 0) is 49.6 Å². The molecule has 4 rings (SSSR count). The van der Waals surface area contributed by atoms with Crippen LogP contribution in [0.15, 0.2) is 58.1 Å². The minimum Gasteiger partial charge on any atom is -0.487 e. The van der Waals surface area contributed by atoms with Crippen molar-refractivity contribution < 1.29 is 18.6 Å². The van der Waals surface area contributed by atoms with Crippen LogP contribution < -0.4 is 10.2 Å². The average molecular weight is 454 g/mol. The Morgan fingerprint density at radius 1 is 1.00 bits per heavy atom. The van der Waals surface area contributed by atoms with Crippen molar-refractivity contribution in [2.24, 2.45) is 0 Å². The van der Waals surface area contributed by atoms with Crippen molar-refractivity contribution in [1.82, 2.24) is 4.57 Å². The molecule has 6 heteroatoms. The monoisotopic (exact) mass is 453 g/mol. The minimum atomic E-state index is -0.200. The van der Waals surface area contributed by atoms with Gasteiger partial charge in [0.15, 0.2) is 6.29 Å². The zero-order valence-corrected chi connectivity index (χ0v) is 19.4. The number of unbranched alkanes of at least 4 members (excludes halogenated alkanes) is 5. The van der Waals surface area contributed by atoms with Gasteiger partial charge in [-0.1, -0.05) is 43.9 Å². The van der Waals surface area contributed by atoms with Crippen LogP contribution in [0.2, 0.25) is 0 Å². The van der Waals surface area contributed by atoms with Crippen LogP contribution in [0.5, 0.6) is 5.75 Å². The van der Waals surface area contributed by atoms with Crippen molar-refractivity contribution in [1.29, 1.82) is 0 Å². The fraction of sp³-hybridized carbons (Fsp3) is 0.519. The normalized spacial score (nSPS) is 16.3.